The molecule has 4 rings (SSSR count). The molecule has 26 heavy (non-hydrogen) atoms. The van der Waals surface area contributed by atoms with E-state index in [1.807, 2.05) is 18.2 Å². The lowest BCUT2D eigenvalue weighted by molar-refractivity contribution is -0.115. The van der Waals surface area contributed by atoms with Crippen LogP contribution in [-0.2, 0) is 4.79 Å². The number of carbonyl (C=O) groups is 1. The molecule has 1 saturated heterocycles. The van der Waals surface area contributed by atoms with Crippen molar-refractivity contribution in [3.8, 4) is 0 Å². The second-order valence-electron chi connectivity index (χ2n) is 5.54. The van der Waals surface area contributed by atoms with E-state index in [2.05, 4.69) is 15.3 Å². The number of thioether (sulfide) groups is 1. The Morgan fingerprint density at radius 2 is 2.08 bits per heavy atom. The van der Waals surface area contributed by atoms with Crippen LogP contribution in [-0.4, -0.2) is 16.1 Å². The monoisotopic (exact) mass is 403 g/mol. The van der Waals surface area contributed by atoms with Crippen molar-refractivity contribution in [3.63, 3.8) is 0 Å². The summed E-state index contributed by atoms with van der Waals surface area (Å²) in [6.45, 7) is 1.79. The van der Waals surface area contributed by atoms with E-state index in [9.17, 15) is 4.79 Å². The van der Waals surface area contributed by atoms with Gasteiger partial charge in [-0.05, 0) is 53.7 Å². The molecule has 0 aliphatic carbocycles. The quantitative estimate of drug-likeness (QED) is 0.586. The zero-order valence-corrected chi connectivity index (χ0v) is 15.7. The van der Waals surface area contributed by atoms with Crippen molar-refractivity contribution < 1.29 is 9.21 Å². The first-order chi connectivity index (χ1) is 12.5. The van der Waals surface area contributed by atoms with Gasteiger partial charge in [0.05, 0.1) is 15.6 Å². The lowest BCUT2D eigenvalue weighted by Crippen LogP contribution is -2.19. The largest absolute Gasteiger partial charge is 0.441 e. The number of hydrogen-bond donors (Lipinski definition) is 1. The molecular formula is C18H11Cl2N3O2S. The maximum Gasteiger partial charge on any atom is 0.264 e. The number of aromatic nitrogens is 1. The van der Waals surface area contributed by atoms with Crippen LogP contribution in [0.5, 0.6) is 0 Å². The van der Waals surface area contributed by atoms with E-state index in [4.69, 9.17) is 27.6 Å². The van der Waals surface area contributed by atoms with Crippen LogP contribution in [0.3, 0.4) is 0 Å². The van der Waals surface area contributed by atoms with E-state index < -0.39 is 0 Å². The average Bonchev–Trinajstić information content (AvgIpc) is 3.11. The van der Waals surface area contributed by atoms with Crippen LogP contribution in [0, 0.1) is 6.92 Å². The van der Waals surface area contributed by atoms with Crippen LogP contribution in [0.25, 0.3) is 17.2 Å². The molecule has 0 radical (unpaired) electrons. The van der Waals surface area contributed by atoms with Crippen LogP contribution < -0.4 is 5.32 Å². The number of amides is 1. The number of oxazole rings is 1. The molecule has 1 fully saturated rings. The normalized spacial score (nSPS) is 17.4. The Hall–Kier alpha value is -2.28. The number of halogens is 2. The molecule has 1 N–H and O–H groups in total. The summed E-state index contributed by atoms with van der Waals surface area (Å²) in [7, 11) is 0. The number of fused-ring (bicyclic) bond motifs is 1. The average molecular weight is 404 g/mol. The maximum atomic E-state index is 12.2. The maximum absolute atomic E-state index is 12.2. The number of aliphatic imine (C=N–C) groups is 1. The summed E-state index contributed by atoms with van der Waals surface area (Å²) in [6, 6.07) is 10.6. The van der Waals surface area contributed by atoms with Crippen LogP contribution in [0.2, 0.25) is 10.0 Å². The first-order valence-electron chi connectivity index (χ1n) is 7.60. The molecule has 0 saturated carbocycles. The highest BCUT2D eigenvalue weighted by Crippen LogP contribution is 2.32. The van der Waals surface area contributed by atoms with E-state index >= 15 is 0 Å². The van der Waals surface area contributed by atoms with E-state index in [1.54, 1.807) is 31.2 Å². The minimum atomic E-state index is -0.215. The lowest BCUT2D eigenvalue weighted by atomic mass is 10.2. The second-order valence-corrected chi connectivity index (χ2v) is 7.41. The van der Waals surface area contributed by atoms with Crippen LogP contribution in [0.1, 0.15) is 11.5 Å². The number of benzene rings is 2. The minimum absolute atomic E-state index is 0.215. The molecule has 1 amide bonds. The Bertz CT molecular complexity index is 1110. The van der Waals surface area contributed by atoms with Gasteiger partial charge in [0, 0.05) is 11.9 Å². The Kier molecular flexibility index (Phi) is 4.48. The summed E-state index contributed by atoms with van der Waals surface area (Å²) < 4.78 is 5.53. The second kappa shape index (κ2) is 6.79. The lowest BCUT2D eigenvalue weighted by Gasteiger charge is -1.99. The summed E-state index contributed by atoms with van der Waals surface area (Å²) in [6.07, 6.45) is 1.78. The van der Waals surface area contributed by atoms with Gasteiger partial charge in [0.25, 0.3) is 5.91 Å². The number of nitrogens with zero attached hydrogens (tertiary/aromatic N) is 2. The van der Waals surface area contributed by atoms with Gasteiger partial charge < -0.3 is 9.73 Å². The Morgan fingerprint density at radius 3 is 2.88 bits per heavy atom. The van der Waals surface area contributed by atoms with Gasteiger partial charge in [-0.3, -0.25) is 4.79 Å². The zero-order chi connectivity index (χ0) is 18.3. The number of amidine groups is 1. The molecule has 0 atom stereocenters. The standard InChI is InChI=1S/C18H11Cl2N3O2S/c1-9-21-14-4-2-10(6-15(14)25-9)7-16-17(24)23-18(26-16)22-13-5-3-11(19)8-12(13)20/h2-8H,1H3,(H,22,23,24)/b16-7+. The number of nitrogens with one attached hydrogen (secondary N) is 1. The fourth-order valence-corrected chi connectivity index (χ4v) is 3.74. The number of carbonyl (C=O) groups excluding carboxylic acids is 1. The van der Waals surface area contributed by atoms with E-state index in [-0.39, 0.29) is 5.91 Å². The van der Waals surface area contributed by atoms with Gasteiger partial charge in [-0.2, -0.15) is 0 Å². The number of rotatable bonds is 2. The third kappa shape index (κ3) is 3.49. The topological polar surface area (TPSA) is 67.5 Å². The molecule has 0 unspecified atom stereocenters. The molecule has 8 heteroatoms. The van der Waals surface area contributed by atoms with Gasteiger partial charge in [0.15, 0.2) is 16.6 Å². The first kappa shape index (κ1) is 17.1. The van der Waals surface area contributed by atoms with Gasteiger partial charge in [-0.25, -0.2) is 9.98 Å². The minimum Gasteiger partial charge on any atom is -0.441 e. The SMILES string of the molecule is Cc1nc2ccc(/C=C3/SC(=Nc4ccc(Cl)cc4Cl)NC3=O)cc2o1. The molecule has 1 aliphatic heterocycles. The summed E-state index contributed by atoms with van der Waals surface area (Å²) in [5.74, 6) is 0.389. The summed E-state index contributed by atoms with van der Waals surface area (Å²) in [5.41, 5.74) is 2.85. The van der Waals surface area contributed by atoms with Crippen LogP contribution >= 0.6 is 35.0 Å². The highest BCUT2D eigenvalue weighted by molar-refractivity contribution is 8.18. The van der Waals surface area contributed by atoms with Gasteiger partial charge in [0.2, 0.25) is 0 Å². The number of hydrogen-bond acceptors (Lipinski definition) is 5. The van der Waals surface area contributed by atoms with Gasteiger partial charge in [-0.15, -0.1) is 0 Å². The fraction of sp³-hybridized carbons (Fsp3) is 0.0556. The van der Waals surface area contributed by atoms with Crippen molar-refractivity contribution in [1.29, 1.82) is 0 Å². The smallest absolute Gasteiger partial charge is 0.264 e. The van der Waals surface area contributed by atoms with E-state index in [0.29, 0.717) is 37.3 Å². The predicted molar refractivity (Wildman–Crippen MR) is 106 cm³/mol. The zero-order valence-electron chi connectivity index (χ0n) is 13.4. The third-order valence-electron chi connectivity index (χ3n) is 3.60. The van der Waals surface area contributed by atoms with Gasteiger partial charge >= 0.3 is 0 Å². The van der Waals surface area contributed by atoms with Crippen molar-refractivity contribution in [3.05, 3.63) is 62.8 Å². The highest BCUT2D eigenvalue weighted by atomic mass is 35.5. The third-order valence-corrected chi connectivity index (χ3v) is 5.05. The Balaban J connectivity index is 1.62. The molecule has 0 spiro atoms. The van der Waals surface area contributed by atoms with Crippen molar-refractivity contribution in [1.82, 2.24) is 10.3 Å². The molecule has 3 aromatic rings. The molecule has 5 nitrogen and oxygen atoms in total. The van der Waals surface area contributed by atoms with Gasteiger partial charge in [-0.1, -0.05) is 29.3 Å². The van der Waals surface area contributed by atoms with Gasteiger partial charge in [0.1, 0.15) is 5.52 Å². The van der Waals surface area contributed by atoms with Crippen molar-refractivity contribution in [2.75, 3.05) is 0 Å². The van der Waals surface area contributed by atoms with Crippen LogP contribution in [0.15, 0.2) is 50.7 Å². The molecule has 1 aromatic heterocycles. The summed E-state index contributed by atoms with van der Waals surface area (Å²) >= 11 is 13.3. The molecule has 130 valence electrons. The fourth-order valence-electron chi connectivity index (χ4n) is 2.46. The van der Waals surface area contributed by atoms with Crippen LogP contribution in [0.4, 0.5) is 5.69 Å². The van der Waals surface area contributed by atoms with E-state index in [1.165, 1.54) is 11.8 Å². The van der Waals surface area contributed by atoms with Crippen molar-refractivity contribution >= 4 is 68.9 Å². The molecule has 2 aromatic carbocycles. The summed E-state index contributed by atoms with van der Waals surface area (Å²) in [5, 5.41) is 4.14. The van der Waals surface area contributed by atoms with Crippen molar-refractivity contribution in [2.24, 2.45) is 4.99 Å². The molecule has 2 heterocycles. The number of aryl methyl sites for hydroxylation is 1. The Labute approximate surface area is 163 Å². The van der Waals surface area contributed by atoms with Crippen molar-refractivity contribution in [2.45, 2.75) is 6.92 Å². The Morgan fingerprint density at radius 1 is 1.23 bits per heavy atom. The molecule has 0 bridgehead atoms. The first-order valence-corrected chi connectivity index (χ1v) is 9.17. The summed E-state index contributed by atoms with van der Waals surface area (Å²) in [4.78, 5) is 21.4. The molecule has 1 aliphatic rings. The molecular weight excluding hydrogens is 393 g/mol. The predicted octanol–water partition coefficient (Wildman–Crippen LogP) is 5.33. The highest BCUT2D eigenvalue weighted by Gasteiger charge is 2.24. The van der Waals surface area contributed by atoms with E-state index in [0.717, 1.165) is 11.1 Å².